The molecule has 0 radical (unpaired) electrons. The van der Waals surface area contributed by atoms with Crippen LogP contribution in [0.2, 0.25) is 5.02 Å². The second-order valence-electron chi connectivity index (χ2n) is 3.88. The van der Waals surface area contributed by atoms with Gasteiger partial charge in [-0.05, 0) is 18.6 Å². The predicted octanol–water partition coefficient (Wildman–Crippen LogP) is 3.73. The Labute approximate surface area is 110 Å². The van der Waals surface area contributed by atoms with Gasteiger partial charge in [0.1, 0.15) is 5.69 Å². The van der Waals surface area contributed by atoms with E-state index in [9.17, 15) is 4.79 Å². The van der Waals surface area contributed by atoms with Crippen molar-refractivity contribution in [3.05, 3.63) is 35.4 Å². The van der Waals surface area contributed by atoms with Crippen molar-refractivity contribution in [3.63, 3.8) is 0 Å². The zero-order valence-electron chi connectivity index (χ0n) is 9.94. The molecule has 1 aromatic heterocycles. The summed E-state index contributed by atoms with van der Waals surface area (Å²) in [6.07, 6.45) is 1.26. The number of aromatic nitrogens is 1. The van der Waals surface area contributed by atoms with Crippen molar-refractivity contribution in [2.24, 2.45) is 0 Å². The highest BCUT2D eigenvalue weighted by Gasteiger charge is 2.08. The number of hydrogen-bond donors (Lipinski definition) is 1. The van der Waals surface area contributed by atoms with E-state index >= 15 is 0 Å². The summed E-state index contributed by atoms with van der Waals surface area (Å²) in [4.78, 5) is 11.4. The smallest absolute Gasteiger partial charge is 0.231 e. The number of benzene rings is 1. The summed E-state index contributed by atoms with van der Waals surface area (Å²) in [7, 11) is 0. The first-order valence-corrected chi connectivity index (χ1v) is 6.09. The molecule has 1 aromatic carbocycles. The number of hydrogen-bond acceptors (Lipinski definition) is 3. The van der Waals surface area contributed by atoms with Crippen LogP contribution in [0.1, 0.15) is 19.8 Å². The van der Waals surface area contributed by atoms with E-state index in [1.807, 2.05) is 19.1 Å². The van der Waals surface area contributed by atoms with Gasteiger partial charge in [0.05, 0.1) is 0 Å². The van der Waals surface area contributed by atoms with E-state index < -0.39 is 0 Å². The molecule has 0 saturated carbocycles. The second-order valence-corrected chi connectivity index (χ2v) is 4.32. The Kier molecular flexibility index (Phi) is 3.99. The lowest BCUT2D eigenvalue weighted by Crippen LogP contribution is -2.09. The third-order valence-electron chi connectivity index (χ3n) is 2.39. The minimum absolute atomic E-state index is 0.0729. The van der Waals surface area contributed by atoms with Crippen LogP contribution in [0.15, 0.2) is 34.9 Å². The lowest BCUT2D eigenvalue weighted by Gasteiger charge is -1.97. The number of carbonyl (C=O) groups is 1. The molecule has 0 aliphatic rings. The number of nitrogens with one attached hydrogen (secondary N) is 1. The molecule has 2 aromatic rings. The number of anilines is 1. The van der Waals surface area contributed by atoms with Gasteiger partial charge in [0, 0.05) is 23.1 Å². The lowest BCUT2D eigenvalue weighted by atomic mass is 10.1. The fraction of sp³-hybridized carbons (Fsp3) is 0.231. The van der Waals surface area contributed by atoms with Crippen molar-refractivity contribution in [1.82, 2.24) is 5.16 Å². The first kappa shape index (κ1) is 12.6. The van der Waals surface area contributed by atoms with Crippen molar-refractivity contribution in [1.29, 1.82) is 0 Å². The molecule has 0 bridgehead atoms. The minimum atomic E-state index is -0.0729. The number of carbonyl (C=O) groups excluding carboxylic acids is 1. The van der Waals surface area contributed by atoms with E-state index in [1.165, 1.54) is 0 Å². The number of nitrogens with zero attached hydrogens (tertiary/aromatic N) is 1. The Balaban J connectivity index is 2.10. The molecule has 0 aliphatic heterocycles. The van der Waals surface area contributed by atoms with Gasteiger partial charge >= 0.3 is 0 Å². The van der Waals surface area contributed by atoms with E-state index in [-0.39, 0.29) is 5.91 Å². The van der Waals surface area contributed by atoms with Crippen LogP contribution < -0.4 is 5.32 Å². The average Bonchev–Trinajstić information content (AvgIpc) is 2.78. The van der Waals surface area contributed by atoms with E-state index in [0.717, 1.165) is 12.0 Å². The van der Waals surface area contributed by atoms with E-state index in [2.05, 4.69) is 10.5 Å². The number of rotatable bonds is 4. The van der Waals surface area contributed by atoms with Crippen molar-refractivity contribution in [2.75, 3.05) is 5.32 Å². The predicted molar refractivity (Wildman–Crippen MR) is 70.5 cm³/mol. The summed E-state index contributed by atoms with van der Waals surface area (Å²) in [6, 6.07) is 8.94. The van der Waals surface area contributed by atoms with Gasteiger partial charge in [-0.25, -0.2) is 0 Å². The van der Waals surface area contributed by atoms with Crippen LogP contribution in [0.5, 0.6) is 0 Å². The molecule has 5 heteroatoms. The number of amides is 1. The van der Waals surface area contributed by atoms with Crippen LogP contribution in [-0.4, -0.2) is 11.1 Å². The van der Waals surface area contributed by atoms with Gasteiger partial charge < -0.3 is 4.52 Å². The topological polar surface area (TPSA) is 55.1 Å². The van der Waals surface area contributed by atoms with Gasteiger partial charge in [-0.2, -0.15) is 0 Å². The molecule has 0 spiro atoms. The molecule has 1 heterocycles. The molecule has 0 saturated heterocycles. The lowest BCUT2D eigenvalue weighted by molar-refractivity contribution is -0.116. The molecule has 4 nitrogen and oxygen atoms in total. The van der Waals surface area contributed by atoms with Gasteiger partial charge in [-0.3, -0.25) is 10.1 Å². The molecule has 1 N–H and O–H groups in total. The van der Waals surface area contributed by atoms with Crippen LogP contribution in [0.4, 0.5) is 5.88 Å². The summed E-state index contributed by atoms with van der Waals surface area (Å²) >= 11 is 5.81. The summed E-state index contributed by atoms with van der Waals surface area (Å²) in [6.45, 7) is 1.94. The van der Waals surface area contributed by atoms with Crippen molar-refractivity contribution in [3.8, 4) is 11.3 Å². The zero-order valence-corrected chi connectivity index (χ0v) is 10.7. The van der Waals surface area contributed by atoms with Crippen LogP contribution in [0.25, 0.3) is 11.3 Å². The summed E-state index contributed by atoms with van der Waals surface area (Å²) in [5.41, 5.74) is 1.55. The summed E-state index contributed by atoms with van der Waals surface area (Å²) in [5, 5.41) is 7.21. The van der Waals surface area contributed by atoms with Crippen LogP contribution in [0, 0.1) is 0 Å². The standard InChI is InChI=1S/C13H13ClN2O2/c1-2-3-12(17)15-13-8-11(16-18-13)9-4-6-10(14)7-5-9/h4-8H,2-3H2,1H3,(H,15,17). The van der Waals surface area contributed by atoms with Crippen molar-refractivity contribution >= 4 is 23.4 Å². The zero-order chi connectivity index (χ0) is 13.0. The quantitative estimate of drug-likeness (QED) is 0.915. The molecule has 0 aliphatic carbocycles. The highest BCUT2D eigenvalue weighted by atomic mass is 35.5. The third kappa shape index (κ3) is 3.11. The normalized spacial score (nSPS) is 10.3. The Morgan fingerprint density at radius 3 is 2.78 bits per heavy atom. The van der Waals surface area contributed by atoms with Gasteiger partial charge in [0.15, 0.2) is 0 Å². The van der Waals surface area contributed by atoms with E-state index in [0.29, 0.717) is 23.0 Å². The monoisotopic (exact) mass is 264 g/mol. The Hall–Kier alpha value is -1.81. The molecule has 94 valence electrons. The van der Waals surface area contributed by atoms with Gasteiger partial charge in [-0.1, -0.05) is 35.8 Å². The molecular weight excluding hydrogens is 252 g/mol. The van der Waals surface area contributed by atoms with Crippen LogP contribution in [-0.2, 0) is 4.79 Å². The first-order valence-electron chi connectivity index (χ1n) is 5.71. The summed E-state index contributed by atoms with van der Waals surface area (Å²) in [5.74, 6) is 0.287. The molecule has 2 rings (SSSR count). The molecule has 0 atom stereocenters. The third-order valence-corrected chi connectivity index (χ3v) is 2.64. The maximum atomic E-state index is 11.4. The molecule has 1 amide bonds. The maximum Gasteiger partial charge on any atom is 0.231 e. The SMILES string of the molecule is CCCC(=O)Nc1cc(-c2ccc(Cl)cc2)no1. The highest BCUT2D eigenvalue weighted by molar-refractivity contribution is 6.30. The van der Waals surface area contributed by atoms with E-state index in [4.69, 9.17) is 16.1 Å². The van der Waals surface area contributed by atoms with E-state index in [1.54, 1.807) is 18.2 Å². The highest BCUT2D eigenvalue weighted by Crippen LogP contribution is 2.23. The van der Waals surface area contributed by atoms with Crippen molar-refractivity contribution < 1.29 is 9.32 Å². The summed E-state index contributed by atoms with van der Waals surface area (Å²) < 4.78 is 5.05. The minimum Gasteiger partial charge on any atom is -0.338 e. The Bertz CT molecular complexity index is 534. The molecule has 0 fully saturated rings. The molecular formula is C13H13ClN2O2. The maximum absolute atomic E-state index is 11.4. The van der Waals surface area contributed by atoms with Gasteiger partial charge in [-0.15, -0.1) is 0 Å². The Morgan fingerprint density at radius 1 is 1.39 bits per heavy atom. The number of halogens is 1. The average molecular weight is 265 g/mol. The van der Waals surface area contributed by atoms with Crippen molar-refractivity contribution in [2.45, 2.75) is 19.8 Å². The van der Waals surface area contributed by atoms with Crippen LogP contribution >= 0.6 is 11.6 Å². The fourth-order valence-corrected chi connectivity index (χ4v) is 1.64. The largest absolute Gasteiger partial charge is 0.338 e. The van der Waals surface area contributed by atoms with Crippen LogP contribution in [0.3, 0.4) is 0 Å². The van der Waals surface area contributed by atoms with Gasteiger partial charge in [0.2, 0.25) is 11.8 Å². The molecule has 18 heavy (non-hydrogen) atoms. The Morgan fingerprint density at radius 2 is 2.11 bits per heavy atom. The molecule has 0 unspecified atom stereocenters. The van der Waals surface area contributed by atoms with Gasteiger partial charge in [0.25, 0.3) is 0 Å². The second kappa shape index (κ2) is 5.69. The fourth-order valence-electron chi connectivity index (χ4n) is 1.52. The first-order chi connectivity index (χ1) is 8.69.